The van der Waals surface area contributed by atoms with Crippen LogP contribution >= 0.6 is 0 Å². The van der Waals surface area contributed by atoms with Crippen molar-refractivity contribution in [2.75, 3.05) is 13.2 Å². The first-order valence-corrected chi connectivity index (χ1v) is 6.83. The summed E-state index contributed by atoms with van der Waals surface area (Å²) < 4.78 is 5.01. The summed E-state index contributed by atoms with van der Waals surface area (Å²) in [5.41, 5.74) is 7.29. The van der Waals surface area contributed by atoms with Gasteiger partial charge in [0, 0.05) is 30.1 Å². The predicted octanol–water partition coefficient (Wildman–Crippen LogP) is 0.717. The molecule has 21 heavy (non-hydrogen) atoms. The molecular formula is C15H19N3O3. The van der Waals surface area contributed by atoms with Crippen LogP contribution in [0, 0.1) is 0 Å². The quantitative estimate of drug-likeness (QED) is 0.700. The molecule has 0 aliphatic rings. The van der Waals surface area contributed by atoms with Gasteiger partial charge in [0.1, 0.15) is 12.6 Å². The number of aromatic nitrogens is 1. The van der Waals surface area contributed by atoms with Crippen LogP contribution in [0.2, 0.25) is 0 Å². The molecule has 2 rings (SSSR count). The molecule has 2 aromatic rings. The minimum absolute atomic E-state index is 0.0752. The lowest BCUT2D eigenvalue weighted by atomic mass is 10.0. The van der Waals surface area contributed by atoms with E-state index in [1.165, 1.54) is 0 Å². The number of aromatic amines is 1. The number of carbonyl (C=O) groups excluding carboxylic acids is 2. The summed E-state index contributed by atoms with van der Waals surface area (Å²) in [6.07, 6.45) is 2.17. The summed E-state index contributed by atoms with van der Waals surface area (Å²) in [4.78, 5) is 26.3. The SMILES string of the molecule is CCOCC(=O)N[C@H](Cc1c[nH]c2ccccc12)C(N)=O. The Morgan fingerprint density at radius 3 is 2.86 bits per heavy atom. The molecule has 6 nitrogen and oxygen atoms in total. The van der Waals surface area contributed by atoms with Crippen molar-refractivity contribution < 1.29 is 14.3 Å². The van der Waals surface area contributed by atoms with Crippen molar-refractivity contribution in [2.45, 2.75) is 19.4 Å². The number of nitrogens with one attached hydrogen (secondary N) is 2. The number of ether oxygens (including phenoxy) is 1. The molecule has 112 valence electrons. The lowest BCUT2D eigenvalue weighted by Gasteiger charge is -2.15. The molecule has 0 saturated carbocycles. The molecule has 0 aliphatic carbocycles. The Kier molecular flexibility index (Phi) is 4.94. The molecule has 0 radical (unpaired) electrons. The maximum Gasteiger partial charge on any atom is 0.246 e. The second-order valence-corrected chi connectivity index (χ2v) is 4.72. The van der Waals surface area contributed by atoms with Crippen LogP contribution in [-0.2, 0) is 20.7 Å². The molecular weight excluding hydrogens is 270 g/mol. The summed E-state index contributed by atoms with van der Waals surface area (Å²) >= 11 is 0. The topological polar surface area (TPSA) is 97.2 Å². The fourth-order valence-electron chi connectivity index (χ4n) is 2.17. The van der Waals surface area contributed by atoms with Gasteiger partial charge in [-0.15, -0.1) is 0 Å². The third-order valence-electron chi connectivity index (χ3n) is 3.21. The minimum Gasteiger partial charge on any atom is -0.372 e. The van der Waals surface area contributed by atoms with Crippen LogP contribution < -0.4 is 11.1 Å². The summed E-state index contributed by atoms with van der Waals surface area (Å²) in [7, 11) is 0. The van der Waals surface area contributed by atoms with Crippen molar-refractivity contribution in [3.63, 3.8) is 0 Å². The average molecular weight is 289 g/mol. The zero-order valence-electron chi connectivity index (χ0n) is 11.9. The average Bonchev–Trinajstić information content (AvgIpc) is 2.87. The van der Waals surface area contributed by atoms with Crippen molar-refractivity contribution >= 4 is 22.7 Å². The molecule has 4 N–H and O–H groups in total. The summed E-state index contributed by atoms with van der Waals surface area (Å²) in [5.74, 6) is -0.911. The molecule has 0 aliphatic heterocycles. The Bertz CT molecular complexity index is 636. The highest BCUT2D eigenvalue weighted by Crippen LogP contribution is 2.19. The van der Waals surface area contributed by atoms with Gasteiger partial charge in [0.25, 0.3) is 0 Å². The van der Waals surface area contributed by atoms with Gasteiger partial charge in [0.2, 0.25) is 11.8 Å². The first-order valence-electron chi connectivity index (χ1n) is 6.83. The number of H-pyrrole nitrogens is 1. The Hall–Kier alpha value is -2.34. The molecule has 1 atom stereocenters. The van der Waals surface area contributed by atoms with Gasteiger partial charge >= 0.3 is 0 Å². The predicted molar refractivity (Wildman–Crippen MR) is 79.6 cm³/mol. The number of nitrogens with two attached hydrogens (primary N) is 1. The number of carbonyl (C=O) groups is 2. The number of amides is 2. The molecule has 1 aromatic heterocycles. The van der Waals surface area contributed by atoms with E-state index < -0.39 is 11.9 Å². The molecule has 1 aromatic carbocycles. The van der Waals surface area contributed by atoms with Crippen molar-refractivity contribution in [2.24, 2.45) is 5.73 Å². The van der Waals surface area contributed by atoms with Crippen molar-refractivity contribution in [3.8, 4) is 0 Å². The fourth-order valence-corrected chi connectivity index (χ4v) is 2.17. The molecule has 0 saturated heterocycles. The maximum atomic E-state index is 11.7. The standard InChI is InChI=1S/C15H19N3O3/c1-2-21-9-14(19)18-13(15(16)20)7-10-8-17-12-6-4-3-5-11(10)12/h3-6,8,13,17H,2,7,9H2,1H3,(H2,16,20)(H,18,19)/t13-/m1/s1. The van der Waals surface area contributed by atoms with Crippen LogP contribution in [0.15, 0.2) is 30.5 Å². The van der Waals surface area contributed by atoms with Gasteiger partial charge in [-0.25, -0.2) is 0 Å². The fraction of sp³-hybridized carbons (Fsp3) is 0.333. The Labute approximate surface area is 122 Å². The van der Waals surface area contributed by atoms with E-state index in [1.807, 2.05) is 30.5 Å². The second-order valence-electron chi connectivity index (χ2n) is 4.72. The van der Waals surface area contributed by atoms with E-state index in [1.54, 1.807) is 6.92 Å². The van der Waals surface area contributed by atoms with Crippen LogP contribution in [-0.4, -0.2) is 36.1 Å². The van der Waals surface area contributed by atoms with Crippen LogP contribution in [0.3, 0.4) is 0 Å². The van der Waals surface area contributed by atoms with Gasteiger partial charge in [-0.1, -0.05) is 18.2 Å². The normalized spacial score (nSPS) is 12.2. The van der Waals surface area contributed by atoms with E-state index in [0.29, 0.717) is 13.0 Å². The zero-order chi connectivity index (χ0) is 15.2. The molecule has 1 heterocycles. The number of para-hydroxylation sites is 1. The highest BCUT2D eigenvalue weighted by atomic mass is 16.5. The molecule has 0 bridgehead atoms. The lowest BCUT2D eigenvalue weighted by molar-refractivity contribution is -0.130. The number of hydrogen-bond donors (Lipinski definition) is 3. The molecule has 0 spiro atoms. The second kappa shape index (κ2) is 6.90. The van der Waals surface area contributed by atoms with E-state index in [0.717, 1.165) is 16.5 Å². The first-order chi connectivity index (χ1) is 10.1. The molecule has 0 fully saturated rings. The van der Waals surface area contributed by atoms with Gasteiger partial charge in [-0.3, -0.25) is 9.59 Å². The summed E-state index contributed by atoms with van der Waals surface area (Å²) in [6, 6.07) is 7.01. The van der Waals surface area contributed by atoms with Gasteiger partial charge in [-0.2, -0.15) is 0 Å². The lowest BCUT2D eigenvalue weighted by Crippen LogP contribution is -2.47. The van der Waals surface area contributed by atoms with Crippen molar-refractivity contribution in [3.05, 3.63) is 36.0 Å². The molecule has 0 unspecified atom stereocenters. The first kappa shape index (κ1) is 15.1. The monoisotopic (exact) mass is 289 g/mol. The van der Waals surface area contributed by atoms with Crippen LogP contribution in [0.25, 0.3) is 10.9 Å². The molecule has 2 amide bonds. The van der Waals surface area contributed by atoms with E-state index in [4.69, 9.17) is 10.5 Å². The van der Waals surface area contributed by atoms with E-state index >= 15 is 0 Å². The Morgan fingerprint density at radius 2 is 2.14 bits per heavy atom. The third-order valence-corrected chi connectivity index (χ3v) is 3.21. The highest BCUT2D eigenvalue weighted by molar-refractivity contribution is 5.89. The van der Waals surface area contributed by atoms with Gasteiger partial charge < -0.3 is 20.8 Å². The van der Waals surface area contributed by atoms with Gasteiger partial charge in [0.15, 0.2) is 0 Å². The van der Waals surface area contributed by atoms with Crippen molar-refractivity contribution in [1.29, 1.82) is 0 Å². The summed E-state index contributed by atoms with van der Waals surface area (Å²) in [6.45, 7) is 2.16. The minimum atomic E-state index is -0.753. The van der Waals surface area contributed by atoms with E-state index in [-0.39, 0.29) is 12.5 Å². The van der Waals surface area contributed by atoms with E-state index in [9.17, 15) is 9.59 Å². The largest absolute Gasteiger partial charge is 0.372 e. The smallest absolute Gasteiger partial charge is 0.246 e. The number of primary amides is 1. The van der Waals surface area contributed by atoms with Gasteiger partial charge in [-0.05, 0) is 18.6 Å². The summed E-state index contributed by atoms with van der Waals surface area (Å²) in [5, 5.41) is 3.62. The van der Waals surface area contributed by atoms with Gasteiger partial charge in [0.05, 0.1) is 0 Å². The van der Waals surface area contributed by atoms with Crippen LogP contribution in [0.5, 0.6) is 0 Å². The number of fused-ring (bicyclic) bond motifs is 1. The van der Waals surface area contributed by atoms with Crippen LogP contribution in [0.1, 0.15) is 12.5 Å². The number of rotatable bonds is 7. The highest BCUT2D eigenvalue weighted by Gasteiger charge is 2.20. The number of hydrogen-bond acceptors (Lipinski definition) is 3. The van der Waals surface area contributed by atoms with Crippen LogP contribution in [0.4, 0.5) is 0 Å². The maximum absolute atomic E-state index is 11.7. The Balaban J connectivity index is 2.09. The van der Waals surface area contributed by atoms with Crippen molar-refractivity contribution in [1.82, 2.24) is 10.3 Å². The van der Waals surface area contributed by atoms with E-state index in [2.05, 4.69) is 10.3 Å². The number of benzene rings is 1. The Morgan fingerprint density at radius 1 is 1.38 bits per heavy atom. The zero-order valence-corrected chi connectivity index (χ0v) is 11.9. The third kappa shape index (κ3) is 3.82. The molecule has 6 heteroatoms.